The third-order valence-electron chi connectivity index (χ3n) is 2.10. The van der Waals surface area contributed by atoms with Crippen LogP contribution in [0.2, 0.25) is 0 Å². The Balaban J connectivity index is 2.01. The van der Waals surface area contributed by atoms with E-state index in [4.69, 9.17) is 9.84 Å². The molecule has 0 saturated carbocycles. The summed E-state index contributed by atoms with van der Waals surface area (Å²) >= 11 is 0. The van der Waals surface area contributed by atoms with Gasteiger partial charge < -0.3 is 15.2 Å². The predicted octanol–water partition coefficient (Wildman–Crippen LogP) is 1.66. The lowest BCUT2D eigenvalue weighted by atomic mass is 10.3. The van der Waals surface area contributed by atoms with Gasteiger partial charge in [0.25, 0.3) is 0 Å². The molecule has 1 aromatic rings. The molecule has 0 radical (unpaired) electrons. The number of nitrogens with one attached hydrogen (secondary N) is 1. The van der Waals surface area contributed by atoms with Gasteiger partial charge in [-0.25, -0.2) is 4.39 Å². The number of carboxylic acids is 1. The maximum Gasteiger partial charge on any atom is 0.304 e. The maximum absolute atomic E-state index is 12.6. The molecule has 17 heavy (non-hydrogen) atoms. The lowest BCUT2D eigenvalue weighted by Gasteiger charge is -2.06. The van der Waals surface area contributed by atoms with Gasteiger partial charge >= 0.3 is 5.97 Å². The van der Waals surface area contributed by atoms with E-state index in [0.717, 1.165) is 6.42 Å². The van der Waals surface area contributed by atoms with Gasteiger partial charge in [0.2, 0.25) is 0 Å². The van der Waals surface area contributed by atoms with Crippen molar-refractivity contribution >= 4 is 5.97 Å². The summed E-state index contributed by atoms with van der Waals surface area (Å²) in [6.07, 6.45) is 0.899. The van der Waals surface area contributed by atoms with Crippen molar-refractivity contribution in [3.63, 3.8) is 0 Å². The SMILES string of the molecule is O=C(O)CCNCCCOc1ccc(F)cc1. The van der Waals surface area contributed by atoms with Crippen LogP contribution in [0.25, 0.3) is 0 Å². The number of hydrogen-bond acceptors (Lipinski definition) is 3. The van der Waals surface area contributed by atoms with Gasteiger partial charge in [0.15, 0.2) is 0 Å². The Kier molecular flexibility index (Phi) is 6.03. The topological polar surface area (TPSA) is 58.6 Å². The highest BCUT2D eigenvalue weighted by molar-refractivity contribution is 5.66. The molecule has 1 aromatic carbocycles. The van der Waals surface area contributed by atoms with Crippen molar-refractivity contribution in [1.29, 1.82) is 0 Å². The van der Waals surface area contributed by atoms with Crippen LogP contribution in [-0.2, 0) is 4.79 Å². The number of aliphatic carboxylic acids is 1. The van der Waals surface area contributed by atoms with Crippen LogP contribution in [0.3, 0.4) is 0 Å². The zero-order valence-corrected chi connectivity index (χ0v) is 9.49. The predicted molar refractivity (Wildman–Crippen MR) is 61.6 cm³/mol. The summed E-state index contributed by atoms with van der Waals surface area (Å²) in [6.45, 7) is 1.69. The van der Waals surface area contributed by atoms with Crippen molar-refractivity contribution in [2.75, 3.05) is 19.7 Å². The molecular formula is C12H16FNO3. The van der Waals surface area contributed by atoms with Gasteiger partial charge in [0.05, 0.1) is 13.0 Å². The number of halogens is 1. The lowest BCUT2D eigenvalue weighted by Crippen LogP contribution is -2.20. The first-order valence-corrected chi connectivity index (χ1v) is 5.49. The summed E-state index contributed by atoms with van der Waals surface area (Å²) in [5.74, 6) is -0.454. The summed E-state index contributed by atoms with van der Waals surface area (Å²) in [5, 5.41) is 11.4. The van der Waals surface area contributed by atoms with E-state index in [-0.39, 0.29) is 12.2 Å². The number of carboxylic acid groups (broad SMARTS) is 1. The number of carbonyl (C=O) groups is 1. The third-order valence-corrected chi connectivity index (χ3v) is 2.10. The Morgan fingerprint density at radius 2 is 2.00 bits per heavy atom. The van der Waals surface area contributed by atoms with Gasteiger partial charge in [-0.3, -0.25) is 4.79 Å². The number of rotatable bonds is 8. The molecular weight excluding hydrogens is 225 g/mol. The van der Waals surface area contributed by atoms with E-state index >= 15 is 0 Å². The molecule has 94 valence electrons. The monoisotopic (exact) mass is 241 g/mol. The van der Waals surface area contributed by atoms with Gasteiger partial charge in [0.1, 0.15) is 11.6 Å². The van der Waals surface area contributed by atoms with Crippen molar-refractivity contribution in [3.05, 3.63) is 30.1 Å². The Morgan fingerprint density at radius 3 is 2.65 bits per heavy atom. The van der Waals surface area contributed by atoms with E-state index in [2.05, 4.69) is 5.32 Å². The van der Waals surface area contributed by atoms with E-state index in [1.807, 2.05) is 0 Å². The van der Waals surface area contributed by atoms with Gasteiger partial charge in [-0.2, -0.15) is 0 Å². The second kappa shape index (κ2) is 7.62. The van der Waals surface area contributed by atoms with Crippen LogP contribution in [0.1, 0.15) is 12.8 Å². The van der Waals surface area contributed by atoms with Gasteiger partial charge in [-0.1, -0.05) is 0 Å². The molecule has 0 fully saturated rings. The summed E-state index contributed by atoms with van der Waals surface area (Å²) in [6, 6.07) is 5.85. The fourth-order valence-electron chi connectivity index (χ4n) is 1.24. The molecule has 4 nitrogen and oxygen atoms in total. The van der Waals surface area contributed by atoms with Crippen LogP contribution >= 0.6 is 0 Å². The summed E-state index contributed by atoms with van der Waals surface area (Å²) in [7, 11) is 0. The fourth-order valence-corrected chi connectivity index (χ4v) is 1.24. The molecule has 0 aromatic heterocycles. The molecule has 2 N–H and O–H groups in total. The first-order chi connectivity index (χ1) is 8.18. The largest absolute Gasteiger partial charge is 0.494 e. The number of benzene rings is 1. The van der Waals surface area contributed by atoms with Crippen LogP contribution in [0, 0.1) is 5.82 Å². The quantitative estimate of drug-likeness (QED) is 0.679. The van der Waals surface area contributed by atoms with Crippen molar-refractivity contribution in [3.8, 4) is 5.75 Å². The van der Waals surface area contributed by atoms with Crippen LogP contribution in [0.5, 0.6) is 5.75 Å². The molecule has 0 saturated heterocycles. The molecule has 5 heteroatoms. The molecule has 0 unspecified atom stereocenters. The molecule has 0 amide bonds. The second-order valence-corrected chi connectivity index (χ2v) is 3.55. The zero-order chi connectivity index (χ0) is 12.5. The Labute approximate surface area is 99.4 Å². The minimum Gasteiger partial charge on any atom is -0.494 e. The molecule has 0 aliphatic heterocycles. The number of hydrogen-bond donors (Lipinski definition) is 2. The van der Waals surface area contributed by atoms with Gasteiger partial charge in [-0.15, -0.1) is 0 Å². The van der Waals surface area contributed by atoms with E-state index in [9.17, 15) is 9.18 Å². The van der Waals surface area contributed by atoms with Gasteiger partial charge in [-0.05, 0) is 37.2 Å². The van der Waals surface area contributed by atoms with E-state index in [0.29, 0.717) is 25.4 Å². The minimum absolute atomic E-state index is 0.124. The average Bonchev–Trinajstić information content (AvgIpc) is 2.30. The highest BCUT2D eigenvalue weighted by Crippen LogP contribution is 2.10. The van der Waals surface area contributed by atoms with Crippen molar-refractivity contribution < 1.29 is 19.0 Å². The van der Waals surface area contributed by atoms with Crippen molar-refractivity contribution in [2.24, 2.45) is 0 Å². The molecule has 0 heterocycles. The van der Waals surface area contributed by atoms with Crippen molar-refractivity contribution in [2.45, 2.75) is 12.8 Å². The number of ether oxygens (including phenoxy) is 1. The normalized spacial score (nSPS) is 10.2. The first kappa shape index (κ1) is 13.4. The van der Waals surface area contributed by atoms with E-state index in [1.165, 1.54) is 12.1 Å². The summed E-state index contributed by atoms with van der Waals surface area (Å²) in [4.78, 5) is 10.2. The average molecular weight is 241 g/mol. The highest BCUT2D eigenvalue weighted by Gasteiger charge is 1.96. The molecule has 0 spiro atoms. The Hall–Kier alpha value is -1.62. The smallest absolute Gasteiger partial charge is 0.304 e. The Bertz CT molecular complexity index is 340. The van der Waals surface area contributed by atoms with Crippen LogP contribution in [0.15, 0.2) is 24.3 Å². The van der Waals surface area contributed by atoms with Crippen molar-refractivity contribution in [1.82, 2.24) is 5.32 Å². The minimum atomic E-state index is -0.805. The van der Waals surface area contributed by atoms with E-state index in [1.54, 1.807) is 12.1 Å². The van der Waals surface area contributed by atoms with Gasteiger partial charge in [0, 0.05) is 6.54 Å². The molecule has 0 aliphatic carbocycles. The fraction of sp³-hybridized carbons (Fsp3) is 0.417. The molecule has 1 rings (SSSR count). The Morgan fingerprint density at radius 1 is 1.29 bits per heavy atom. The first-order valence-electron chi connectivity index (χ1n) is 5.49. The molecule has 0 bridgehead atoms. The third kappa shape index (κ3) is 6.52. The summed E-state index contributed by atoms with van der Waals surface area (Å²) < 4.78 is 17.9. The standard InChI is InChI=1S/C12H16FNO3/c13-10-2-4-11(5-3-10)17-9-1-7-14-8-6-12(15)16/h2-5,14H,1,6-9H2,(H,15,16). The maximum atomic E-state index is 12.6. The second-order valence-electron chi connectivity index (χ2n) is 3.55. The van der Waals surface area contributed by atoms with Crippen LogP contribution in [-0.4, -0.2) is 30.8 Å². The highest BCUT2D eigenvalue weighted by atomic mass is 19.1. The zero-order valence-electron chi connectivity index (χ0n) is 9.49. The molecule has 0 aliphatic rings. The summed E-state index contributed by atoms with van der Waals surface area (Å²) in [5.41, 5.74) is 0. The molecule has 0 atom stereocenters. The lowest BCUT2D eigenvalue weighted by molar-refractivity contribution is -0.136. The van der Waals surface area contributed by atoms with Crippen LogP contribution in [0.4, 0.5) is 4.39 Å². The van der Waals surface area contributed by atoms with E-state index < -0.39 is 5.97 Å². The van der Waals surface area contributed by atoms with Crippen LogP contribution < -0.4 is 10.1 Å².